The fourth-order valence-electron chi connectivity index (χ4n) is 2.82. The number of carboxylic acids is 1. The second kappa shape index (κ2) is 20.2. The van der Waals surface area contributed by atoms with E-state index < -0.39 is 5.97 Å². The minimum absolute atomic E-state index is 0.229. The van der Waals surface area contributed by atoms with Crippen LogP contribution in [0.25, 0.3) is 0 Å². The van der Waals surface area contributed by atoms with Crippen LogP contribution in [0.3, 0.4) is 0 Å². The lowest BCUT2D eigenvalue weighted by atomic mass is 10.1. The molecule has 0 saturated carbocycles. The van der Waals surface area contributed by atoms with Crippen LogP contribution in [0.15, 0.2) is 12.2 Å². The van der Waals surface area contributed by atoms with Crippen molar-refractivity contribution < 1.29 is 9.90 Å². The normalized spacial score (nSPS) is 11.4. The van der Waals surface area contributed by atoms with E-state index in [-0.39, 0.29) is 6.42 Å². The Morgan fingerprint density at radius 2 is 1.25 bits per heavy atom. The van der Waals surface area contributed by atoms with Gasteiger partial charge in [-0.05, 0) is 38.6 Å². The summed E-state index contributed by atoms with van der Waals surface area (Å²) in [5.74, 6) is -0.719. The summed E-state index contributed by atoms with van der Waals surface area (Å²) in [5.41, 5.74) is 0. The van der Waals surface area contributed by atoms with Crippen LogP contribution < -0.4 is 5.32 Å². The molecule has 2 N–H and O–H groups in total. The van der Waals surface area contributed by atoms with Gasteiger partial charge in [-0.1, -0.05) is 76.9 Å². The van der Waals surface area contributed by atoms with Crippen LogP contribution in [0.1, 0.15) is 103 Å². The first-order chi connectivity index (χ1) is 11.8. The molecular weight excluding hydrogens is 298 g/mol. The quantitative estimate of drug-likeness (QED) is 0.221. The molecule has 0 aromatic rings. The summed E-state index contributed by atoms with van der Waals surface area (Å²) in [4.78, 5) is 10.3. The van der Waals surface area contributed by atoms with Crippen molar-refractivity contribution in [3.63, 3.8) is 0 Å². The summed E-state index contributed by atoms with van der Waals surface area (Å²) in [5, 5.41) is 11.7. The molecule has 0 spiro atoms. The molecule has 3 heteroatoms. The SMILES string of the molecule is CCCCCCCC/C=C/CCCCCCCCNCCC(=O)O. The van der Waals surface area contributed by atoms with E-state index in [1.54, 1.807) is 0 Å². The van der Waals surface area contributed by atoms with Gasteiger partial charge in [0.2, 0.25) is 0 Å². The van der Waals surface area contributed by atoms with E-state index in [1.807, 2.05) is 0 Å². The topological polar surface area (TPSA) is 49.3 Å². The number of aliphatic carboxylic acids is 1. The number of hydrogen-bond donors (Lipinski definition) is 2. The van der Waals surface area contributed by atoms with E-state index in [4.69, 9.17) is 5.11 Å². The Labute approximate surface area is 150 Å². The summed E-state index contributed by atoms with van der Waals surface area (Å²) < 4.78 is 0. The fourth-order valence-corrected chi connectivity index (χ4v) is 2.82. The highest BCUT2D eigenvalue weighted by molar-refractivity contribution is 5.66. The van der Waals surface area contributed by atoms with Gasteiger partial charge in [0.1, 0.15) is 0 Å². The maximum atomic E-state index is 10.3. The van der Waals surface area contributed by atoms with Crippen LogP contribution in [-0.2, 0) is 4.79 Å². The fraction of sp³-hybridized carbons (Fsp3) is 0.857. The van der Waals surface area contributed by atoms with Crippen LogP contribution in [0.5, 0.6) is 0 Å². The van der Waals surface area contributed by atoms with Gasteiger partial charge in [-0.3, -0.25) is 4.79 Å². The van der Waals surface area contributed by atoms with Crippen molar-refractivity contribution in [1.29, 1.82) is 0 Å². The van der Waals surface area contributed by atoms with Crippen LogP contribution in [-0.4, -0.2) is 24.2 Å². The van der Waals surface area contributed by atoms with Gasteiger partial charge >= 0.3 is 5.97 Å². The van der Waals surface area contributed by atoms with Gasteiger partial charge in [0.25, 0.3) is 0 Å². The van der Waals surface area contributed by atoms with E-state index in [0.29, 0.717) is 6.54 Å². The number of allylic oxidation sites excluding steroid dienone is 2. The number of nitrogens with one attached hydrogen (secondary N) is 1. The van der Waals surface area contributed by atoms with E-state index in [0.717, 1.165) is 13.0 Å². The van der Waals surface area contributed by atoms with Gasteiger partial charge in [-0.25, -0.2) is 0 Å². The molecule has 0 aliphatic carbocycles. The zero-order valence-electron chi connectivity index (χ0n) is 16.0. The van der Waals surface area contributed by atoms with E-state index in [9.17, 15) is 4.79 Å². The Kier molecular flexibility index (Phi) is 19.5. The zero-order valence-corrected chi connectivity index (χ0v) is 16.0. The van der Waals surface area contributed by atoms with Gasteiger partial charge in [0.05, 0.1) is 6.42 Å². The Morgan fingerprint density at radius 1 is 0.750 bits per heavy atom. The Balaban J connectivity index is 3.06. The van der Waals surface area contributed by atoms with Crippen molar-refractivity contribution >= 4 is 5.97 Å². The molecule has 142 valence electrons. The molecule has 0 saturated heterocycles. The molecule has 3 nitrogen and oxygen atoms in total. The van der Waals surface area contributed by atoms with Gasteiger partial charge in [0, 0.05) is 6.54 Å². The maximum Gasteiger partial charge on any atom is 0.304 e. The van der Waals surface area contributed by atoms with Crippen LogP contribution in [0.2, 0.25) is 0 Å². The van der Waals surface area contributed by atoms with Crippen molar-refractivity contribution in [3.8, 4) is 0 Å². The average molecular weight is 340 g/mol. The van der Waals surface area contributed by atoms with Crippen LogP contribution in [0.4, 0.5) is 0 Å². The maximum absolute atomic E-state index is 10.3. The van der Waals surface area contributed by atoms with Crippen molar-refractivity contribution in [3.05, 3.63) is 12.2 Å². The molecule has 0 heterocycles. The minimum Gasteiger partial charge on any atom is -0.481 e. The largest absolute Gasteiger partial charge is 0.481 e. The molecule has 0 unspecified atom stereocenters. The molecule has 0 rings (SSSR count). The zero-order chi connectivity index (χ0) is 17.7. The van der Waals surface area contributed by atoms with Crippen LogP contribution >= 0.6 is 0 Å². The van der Waals surface area contributed by atoms with Crippen LogP contribution in [0, 0.1) is 0 Å². The number of carboxylic acid groups (broad SMARTS) is 1. The summed E-state index contributed by atoms with van der Waals surface area (Å²) in [7, 11) is 0. The van der Waals surface area contributed by atoms with Crippen molar-refractivity contribution in [2.45, 2.75) is 103 Å². The number of hydrogen-bond acceptors (Lipinski definition) is 2. The second-order valence-electron chi connectivity index (χ2n) is 6.83. The lowest BCUT2D eigenvalue weighted by Gasteiger charge is -2.03. The summed E-state index contributed by atoms with van der Waals surface area (Å²) >= 11 is 0. The van der Waals surface area contributed by atoms with E-state index in [2.05, 4.69) is 24.4 Å². The van der Waals surface area contributed by atoms with Gasteiger partial charge in [-0.15, -0.1) is 0 Å². The molecular formula is C21H41NO2. The predicted octanol–water partition coefficient (Wildman–Crippen LogP) is 6.09. The average Bonchev–Trinajstić information content (AvgIpc) is 2.56. The van der Waals surface area contributed by atoms with E-state index in [1.165, 1.54) is 83.5 Å². The minimum atomic E-state index is -0.719. The molecule has 0 atom stereocenters. The summed E-state index contributed by atoms with van der Waals surface area (Å²) in [6.45, 7) is 3.82. The first-order valence-corrected chi connectivity index (χ1v) is 10.3. The molecule has 0 aliphatic rings. The van der Waals surface area contributed by atoms with E-state index >= 15 is 0 Å². The van der Waals surface area contributed by atoms with Gasteiger partial charge in [0.15, 0.2) is 0 Å². The smallest absolute Gasteiger partial charge is 0.304 e. The standard InChI is InChI=1S/C21H41NO2/c1-2-3-4-5-6-7-8-9-10-11-12-13-14-15-16-17-19-22-20-18-21(23)24/h9-10,22H,2-8,11-20H2,1H3,(H,23,24)/b10-9+. The number of rotatable bonds is 19. The highest BCUT2D eigenvalue weighted by Crippen LogP contribution is 2.09. The Morgan fingerprint density at radius 3 is 1.79 bits per heavy atom. The lowest BCUT2D eigenvalue weighted by molar-refractivity contribution is -0.136. The third-order valence-electron chi connectivity index (χ3n) is 4.38. The Bertz CT molecular complexity index is 290. The first kappa shape index (κ1) is 23.2. The van der Waals surface area contributed by atoms with Gasteiger partial charge in [-0.2, -0.15) is 0 Å². The molecule has 0 radical (unpaired) electrons. The summed E-state index contributed by atoms with van der Waals surface area (Å²) in [6.07, 6.45) is 23.5. The van der Waals surface area contributed by atoms with Gasteiger partial charge < -0.3 is 10.4 Å². The molecule has 0 amide bonds. The lowest BCUT2D eigenvalue weighted by Crippen LogP contribution is -2.19. The first-order valence-electron chi connectivity index (χ1n) is 10.3. The second-order valence-corrected chi connectivity index (χ2v) is 6.83. The highest BCUT2D eigenvalue weighted by atomic mass is 16.4. The monoisotopic (exact) mass is 339 g/mol. The van der Waals surface area contributed by atoms with Crippen molar-refractivity contribution in [1.82, 2.24) is 5.32 Å². The predicted molar refractivity (Wildman–Crippen MR) is 105 cm³/mol. The Hall–Kier alpha value is -0.830. The van der Waals surface area contributed by atoms with Crippen molar-refractivity contribution in [2.24, 2.45) is 0 Å². The molecule has 0 aromatic carbocycles. The third kappa shape index (κ3) is 21.2. The molecule has 0 aliphatic heterocycles. The molecule has 24 heavy (non-hydrogen) atoms. The number of unbranched alkanes of at least 4 members (excludes halogenated alkanes) is 12. The highest BCUT2D eigenvalue weighted by Gasteiger charge is 1.95. The number of carbonyl (C=O) groups is 1. The summed E-state index contributed by atoms with van der Waals surface area (Å²) in [6, 6.07) is 0. The van der Waals surface area contributed by atoms with Crippen molar-refractivity contribution in [2.75, 3.05) is 13.1 Å². The molecule has 0 fully saturated rings. The third-order valence-corrected chi connectivity index (χ3v) is 4.38. The molecule has 0 aromatic heterocycles. The molecule has 0 bridgehead atoms.